The first-order chi connectivity index (χ1) is 2.00. The van der Waals surface area contributed by atoms with Gasteiger partial charge in [0.1, 0.15) is 0 Å². The summed E-state index contributed by atoms with van der Waals surface area (Å²) in [4.78, 5) is 0. The van der Waals surface area contributed by atoms with Crippen molar-refractivity contribution in [3.63, 3.8) is 0 Å². The molecule has 0 aliphatic heterocycles. The van der Waals surface area contributed by atoms with E-state index in [1.165, 1.54) is 0 Å². The minimum absolute atomic E-state index is 0. The van der Waals surface area contributed by atoms with Crippen LogP contribution < -0.4 is 0 Å². The summed E-state index contributed by atoms with van der Waals surface area (Å²) in [7, 11) is 3.75. The van der Waals surface area contributed by atoms with Gasteiger partial charge in [-0.3, -0.25) is 0 Å². The van der Waals surface area contributed by atoms with E-state index >= 15 is 0 Å². The molecule has 0 nitrogen and oxygen atoms in total. The van der Waals surface area contributed by atoms with Gasteiger partial charge in [0.2, 0.25) is 0 Å². The van der Waals surface area contributed by atoms with E-state index in [0.717, 1.165) is 0 Å². The molecule has 0 N–H and O–H groups in total. The first kappa shape index (κ1) is 249. The third-order valence-electron chi connectivity index (χ3n) is 0. The van der Waals surface area contributed by atoms with Crippen LogP contribution in [0.1, 0.15) is 21.3 Å². The molecule has 0 aromatic heterocycles. The Morgan fingerprint density at radius 1 is 0.250 bits per heavy atom. The van der Waals surface area contributed by atoms with Gasteiger partial charge in [0, 0.05) is 728 Å². The molecule has 0 aromatic carbocycles. The van der Waals surface area contributed by atoms with Crippen LogP contribution in [0.25, 0.3) is 0 Å². The molecular weight excluding hydrogens is 2070 g/mol. The molecule has 0 spiro atoms. The molecule has 0 fully saturated rings. The predicted octanol–water partition coefficient (Wildman–Crippen LogP) is 3.66. The van der Waals surface area contributed by atoms with Gasteiger partial charge in [0.25, 0.3) is 0 Å². The zero-order valence-electron chi connectivity index (χ0n) is 22.3. The minimum atomic E-state index is 0. The van der Waals surface area contributed by atoms with E-state index in [2.05, 4.69) is 8.38 Å². The molecule has 0 amide bonds. The van der Waals surface area contributed by atoms with Crippen LogP contribution in [0.2, 0.25) is 0 Å². The molecule has 0 saturated carbocycles. The first-order valence-corrected chi connectivity index (χ1v) is 1.00. The summed E-state index contributed by atoms with van der Waals surface area (Å²) in [6, 6.07) is 0. The van der Waals surface area contributed by atoms with E-state index in [4.69, 9.17) is 1.34 Å². The van der Waals surface area contributed by atoms with Gasteiger partial charge in [-0.25, -0.2) is 0 Å². The van der Waals surface area contributed by atoms with Crippen LogP contribution in [-0.2, 0) is 720 Å². The van der Waals surface area contributed by atoms with Crippen LogP contribution >= 0.6 is 0 Å². The van der Waals surface area contributed by atoms with Crippen molar-refractivity contribution in [2.45, 2.75) is 21.3 Å². The van der Waals surface area contributed by atoms with Gasteiger partial charge in [-0.1, -0.05) is 21.3 Å². The van der Waals surface area contributed by atoms with Crippen molar-refractivity contribution < 1.29 is 720 Å². The van der Waals surface area contributed by atoms with Crippen molar-refractivity contribution in [1.29, 1.82) is 1.34 Å². The SMILES string of the molecule is C.CC.[2H][B].[CH3-].[CH3-].[CH3-].[CH3-].[CH3-].[CH3-].[Y].[Y].[Y].[Y].[Y].[Y].[Y].[Y].[Y].[Y].[Y].[Y].[Y].[Y].[Y].[Y].[Y].[Y].[Y].[Y].[Y].[Y]. The van der Waals surface area contributed by atoms with Gasteiger partial charge >= 0.3 is 0 Å². The molecule has 140 valence electrons. The zero-order chi connectivity index (χ0) is 4.00. The summed E-state index contributed by atoms with van der Waals surface area (Å²) in [6.45, 7) is 4.00. The van der Waals surface area contributed by atoms with E-state index in [1.807, 2.05) is 13.8 Å². The van der Waals surface area contributed by atoms with Crippen molar-refractivity contribution in [2.24, 2.45) is 0 Å². The Hall–Kier alpha value is 24.4. The Bertz CT molecular complexity index is 39.8. The molecular formula is C9H29BY22-6. The number of rotatable bonds is 0. The second kappa shape index (κ2) is 276. The molecule has 0 aromatic rings. The average molecular weight is 2110 g/mol. The summed E-state index contributed by atoms with van der Waals surface area (Å²) < 4.78 is 5.25. The zero-order valence-corrected chi connectivity index (χ0v) is 83.7. The van der Waals surface area contributed by atoms with Gasteiger partial charge in [-0.15, -0.1) is 0 Å². The monoisotopic (exact) mass is 2110 g/mol. The fraction of sp³-hybridized carbons (Fsp3) is 0.333. The Morgan fingerprint density at radius 3 is 0.250 bits per heavy atom. The van der Waals surface area contributed by atoms with E-state index in [1.54, 1.807) is 0 Å². The number of hydrogen-bond acceptors (Lipinski definition) is 0. The van der Waals surface area contributed by atoms with E-state index in [0.29, 0.717) is 0 Å². The van der Waals surface area contributed by atoms with Crippen LogP contribution in [0.4, 0.5) is 0 Å². The molecule has 0 aliphatic rings. The van der Waals surface area contributed by atoms with E-state index in [-0.39, 0.29) is 772 Å². The van der Waals surface area contributed by atoms with Crippen molar-refractivity contribution in [2.75, 3.05) is 0 Å². The van der Waals surface area contributed by atoms with Crippen molar-refractivity contribution in [3.05, 3.63) is 44.6 Å². The third kappa shape index (κ3) is 261. The van der Waals surface area contributed by atoms with Crippen LogP contribution in [-0.4, -0.2) is 9.71 Å². The van der Waals surface area contributed by atoms with Gasteiger partial charge in [0.05, 0.1) is 0 Å². The quantitative estimate of drug-likeness (QED) is 0.257. The topological polar surface area (TPSA) is 0 Å². The second-order valence-corrected chi connectivity index (χ2v) is 0. The van der Waals surface area contributed by atoms with Gasteiger partial charge in [0.15, 0.2) is 0 Å². The van der Waals surface area contributed by atoms with Gasteiger partial charge in [-0.05, 0) is 1.34 Å². The molecule has 0 heterocycles. The van der Waals surface area contributed by atoms with Crippen molar-refractivity contribution in [1.82, 2.24) is 0 Å². The predicted molar refractivity (Wildman–Crippen MR) is 63.7 cm³/mol. The summed E-state index contributed by atoms with van der Waals surface area (Å²) in [5, 5.41) is 0. The van der Waals surface area contributed by atoms with Crippen LogP contribution in [0.5, 0.6) is 0 Å². The molecule has 23 heteroatoms. The molecule has 32 heavy (non-hydrogen) atoms. The molecule has 0 rings (SSSR count). The average Bonchev–Trinajstić information content (AvgIpc) is 1.50. The van der Waals surface area contributed by atoms with Crippen LogP contribution in [0.15, 0.2) is 0 Å². The van der Waals surface area contributed by atoms with Crippen LogP contribution in [0, 0.1) is 44.6 Å². The third-order valence-corrected chi connectivity index (χ3v) is 0. The maximum atomic E-state index is 5.25. The molecule has 0 saturated heterocycles. The smallest absolute Gasteiger partial charge is 0.0379 e. The minimum Gasteiger partial charge on any atom is -0.358 e. The second-order valence-electron chi connectivity index (χ2n) is 0. The normalized spacial score (nSPS) is 0.375. The van der Waals surface area contributed by atoms with E-state index in [9.17, 15) is 0 Å². The molecule has 24 radical (unpaired) electrons. The van der Waals surface area contributed by atoms with Crippen molar-refractivity contribution >= 4 is 8.38 Å². The largest absolute Gasteiger partial charge is 0.358 e. The molecule has 0 atom stereocenters. The summed E-state index contributed by atoms with van der Waals surface area (Å²) in [5.74, 6) is 0. The standard InChI is InChI=1S/C2H6.CH4.6CH3.BH.22Y/c1-2;;;;;;;;;;;;;;;;;;;;;;;;;;;;;;/h1-2H3;1H4;6*1H3;1H;;;;;;;;;;;;;;;;;;;;;;/q;;6*-1;;;;;;;;;;;;;;;;;;;;;;;/i;;;;;;;;1D;;;;;;;;;;;;;;;;;;;;;;. The fourth-order valence-corrected chi connectivity index (χ4v) is 0. The van der Waals surface area contributed by atoms with Gasteiger partial charge in [-0.2, -0.15) is 0 Å². The summed E-state index contributed by atoms with van der Waals surface area (Å²) in [6.07, 6.45) is 0. The molecule has 0 bridgehead atoms. The Kier molecular flexibility index (Phi) is 2140. The number of hydrogen-bond donors (Lipinski definition) is 0. The van der Waals surface area contributed by atoms with Crippen LogP contribution in [0.3, 0.4) is 0 Å². The maximum Gasteiger partial charge on any atom is 0.0379 e. The maximum absolute atomic E-state index is 5.25. The Morgan fingerprint density at radius 2 is 0.250 bits per heavy atom. The van der Waals surface area contributed by atoms with E-state index < -0.39 is 0 Å². The first-order valence-electron chi connectivity index (χ1n) is 1.58. The molecule has 0 aliphatic carbocycles. The van der Waals surface area contributed by atoms with Gasteiger partial charge < -0.3 is 44.6 Å². The Labute approximate surface area is 767 Å². The summed E-state index contributed by atoms with van der Waals surface area (Å²) in [5.41, 5.74) is 0. The van der Waals surface area contributed by atoms with Crippen molar-refractivity contribution in [3.8, 4) is 0 Å². The summed E-state index contributed by atoms with van der Waals surface area (Å²) >= 11 is 0. The Balaban J connectivity index is -0.0000000000445. The fourth-order valence-electron chi connectivity index (χ4n) is 0. The molecule has 0 unspecified atom stereocenters.